The smallest absolute Gasteiger partial charge is 0.257 e. The molecule has 0 aromatic carbocycles. The van der Waals surface area contributed by atoms with Crippen molar-refractivity contribution in [3.8, 4) is 0 Å². The zero-order valence-electron chi connectivity index (χ0n) is 6.04. The van der Waals surface area contributed by atoms with Crippen molar-refractivity contribution in [1.29, 1.82) is 0 Å². The Labute approximate surface area is 81.5 Å². The lowest BCUT2D eigenvalue weighted by Gasteiger charge is -2.03. The summed E-state index contributed by atoms with van der Waals surface area (Å²) in [7, 11) is 0. The number of nitrogens with zero attached hydrogens (tertiary/aromatic N) is 2. The maximum Gasteiger partial charge on any atom is 0.257 e. The molecule has 0 spiro atoms. The SMILES string of the molecule is OCc1c(I)cnn1CC(F)F. The van der Waals surface area contributed by atoms with E-state index >= 15 is 0 Å². The molecule has 1 heterocycles. The van der Waals surface area contributed by atoms with E-state index in [9.17, 15) is 8.78 Å². The quantitative estimate of drug-likeness (QED) is 0.850. The molecule has 0 aliphatic carbocycles. The van der Waals surface area contributed by atoms with E-state index < -0.39 is 13.0 Å². The summed E-state index contributed by atoms with van der Waals surface area (Å²) >= 11 is 1.94. The monoisotopic (exact) mass is 288 g/mol. The summed E-state index contributed by atoms with van der Waals surface area (Å²) in [5, 5.41) is 12.5. The Morgan fingerprint density at radius 2 is 2.33 bits per heavy atom. The molecule has 3 nitrogen and oxygen atoms in total. The summed E-state index contributed by atoms with van der Waals surface area (Å²) in [6.07, 6.45) is -0.986. The van der Waals surface area contributed by atoms with E-state index in [0.29, 0.717) is 9.26 Å². The molecule has 1 aromatic rings. The van der Waals surface area contributed by atoms with Crippen molar-refractivity contribution in [1.82, 2.24) is 9.78 Å². The molecule has 0 atom stereocenters. The Hall–Kier alpha value is -0.240. The number of hydrogen-bond acceptors (Lipinski definition) is 2. The van der Waals surface area contributed by atoms with Gasteiger partial charge in [-0.2, -0.15) is 5.10 Å². The molecular weight excluding hydrogens is 281 g/mol. The maximum atomic E-state index is 11.9. The third kappa shape index (κ3) is 2.13. The molecule has 0 amide bonds. The first kappa shape index (κ1) is 9.85. The van der Waals surface area contributed by atoms with Crippen molar-refractivity contribution in [2.24, 2.45) is 0 Å². The van der Waals surface area contributed by atoms with Gasteiger partial charge in [-0.3, -0.25) is 4.68 Å². The fourth-order valence-electron chi connectivity index (χ4n) is 0.833. The third-order valence-corrected chi connectivity index (χ3v) is 2.26. The second kappa shape index (κ2) is 4.13. The number of rotatable bonds is 3. The molecule has 0 radical (unpaired) electrons. The molecule has 1 N–H and O–H groups in total. The van der Waals surface area contributed by atoms with Gasteiger partial charge in [-0.25, -0.2) is 8.78 Å². The van der Waals surface area contributed by atoms with E-state index in [0.717, 1.165) is 4.68 Å². The second-order valence-corrected chi connectivity index (χ2v) is 3.33. The predicted molar refractivity (Wildman–Crippen MR) is 46.9 cm³/mol. The second-order valence-electron chi connectivity index (χ2n) is 2.17. The molecule has 12 heavy (non-hydrogen) atoms. The topological polar surface area (TPSA) is 38.1 Å². The Kier molecular flexibility index (Phi) is 3.39. The van der Waals surface area contributed by atoms with E-state index in [1.165, 1.54) is 6.20 Å². The Bertz CT molecular complexity index is 264. The van der Waals surface area contributed by atoms with E-state index in [1.807, 2.05) is 22.6 Å². The van der Waals surface area contributed by atoms with Crippen LogP contribution in [-0.2, 0) is 13.2 Å². The van der Waals surface area contributed by atoms with Crippen LogP contribution in [0.4, 0.5) is 8.78 Å². The minimum Gasteiger partial charge on any atom is -0.390 e. The van der Waals surface area contributed by atoms with Gasteiger partial charge in [0.15, 0.2) is 0 Å². The third-order valence-electron chi connectivity index (χ3n) is 1.36. The van der Waals surface area contributed by atoms with Crippen LogP contribution in [0.15, 0.2) is 6.20 Å². The van der Waals surface area contributed by atoms with E-state index in [-0.39, 0.29) is 6.61 Å². The zero-order chi connectivity index (χ0) is 9.14. The van der Waals surface area contributed by atoms with Gasteiger partial charge in [-0.05, 0) is 22.6 Å². The van der Waals surface area contributed by atoms with Gasteiger partial charge in [0.1, 0.15) is 6.54 Å². The van der Waals surface area contributed by atoms with Crippen molar-refractivity contribution >= 4 is 22.6 Å². The highest BCUT2D eigenvalue weighted by molar-refractivity contribution is 14.1. The van der Waals surface area contributed by atoms with Crippen LogP contribution >= 0.6 is 22.6 Å². The molecule has 6 heteroatoms. The standard InChI is InChI=1S/C6H7F2IN2O/c7-6(8)2-11-5(3-12)4(9)1-10-11/h1,6,12H,2-3H2. The van der Waals surface area contributed by atoms with Crippen molar-refractivity contribution < 1.29 is 13.9 Å². The van der Waals surface area contributed by atoms with Gasteiger partial charge in [0, 0.05) is 0 Å². The van der Waals surface area contributed by atoms with Crippen LogP contribution in [-0.4, -0.2) is 21.3 Å². The largest absolute Gasteiger partial charge is 0.390 e. The van der Waals surface area contributed by atoms with Gasteiger partial charge < -0.3 is 5.11 Å². The number of aliphatic hydroxyl groups excluding tert-OH is 1. The van der Waals surface area contributed by atoms with Crippen molar-refractivity contribution in [3.63, 3.8) is 0 Å². The van der Waals surface area contributed by atoms with Gasteiger partial charge in [0.05, 0.1) is 22.1 Å². The van der Waals surface area contributed by atoms with E-state index in [4.69, 9.17) is 5.11 Å². The minimum absolute atomic E-state index is 0.259. The van der Waals surface area contributed by atoms with Crippen molar-refractivity contribution in [2.45, 2.75) is 19.6 Å². The highest BCUT2D eigenvalue weighted by atomic mass is 127. The lowest BCUT2D eigenvalue weighted by molar-refractivity contribution is 0.118. The molecule has 1 aromatic heterocycles. The molecule has 0 unspecified atom stereocenters. The molecule has 1 rings (SSSR count). The number of aromatic nitrogens is 2. The summed E-state index contributed by atoms with van der Waals surface area (Å²) in [5.74, 6) is 0. The number of halogens is 3. The molecule has 0 aliphatic rings. The Morgan fingerprint density at radius 3 is 2.83 bits per heavy atom. The fraction of sp³-hybridized carbons (Fsp3) is 0.500. The highest BCUT2D eigenvalue weighted by Gasteiger charge is 2.11. The van der Waals surface area contributed by atoms with Gasteiger partial charge in [-0.1, -0.05) is 0 Å². The lowest BCUT2D eigenvalue weighted by Crippen LogP contribution is -2.11. The first-order chi connectivity index (χ1) is 5.65. The van der Waals surface area contributed by atoms with Gasteiger partial charge in [0.2, 0.25) is 0 Å². The molecular formula is C6H7F2IN2O. The first-order valence-electron chi connectivity index (χ1n) is 3.24. The zero-order valence-corrected chi connectivity index (χ0v) is 8.20. The van der Waals surface area contributed by atoms with Crippen LogP contribution in [0.5, 0.6) is 0 Å². The lowest BCUT2D eigenvalue weighted by atomic mass is 10.4. The van der Waals surface area contributed by atoms with E-state index in [2.05, 4.69) is 5.10 Å². The number of aliphatic hydroxyl groups is 1. The summed E-state index contributed by atoms with van der Waals surface area (Å²) in [4.78, 5) is 0. The van der Waals surface area contributed by atoms with Crippen LogP contribution in [0.3, 0.4) is 0 Å². The van der Waals surface area contributed by atoms with Gasteiger partial charge >= 0.3 is 0 Å². The maximum absolute atomic E-state index is 11.9. The van der Waals surface area contributed by atoms with Crippen LogP contribution in [0.1, 0.15) is 5.69 Å². The van der Waals surface area contributed by atoms with Crippen LogP contribution in [0.2, 0.25) is 0 Å². The molecule has 0 saturated heterocycles. The molecule has 0 bridgehead atoms. The average molecular weight is 288 g/mol. The molecule has 68 valence electrons. The van der Waals surface area contributed by atoms with Crippen LogP contribution in [0.25, 0.3) is 0 Å². The Balaban J connectivity index is 2.84. The predicted octanol–water partition coefficient (Wildman–Crippen LogP) is 1.25. The van der Waals surface area contributed by atoms with Gasteiger partial charge in [0.25, 0.3) is 6.43 Å². The minimum atomic E-state index is -2.44. The summed E-state index contributed by atoms with van der Waals surface area (Å²) < 4.78 is 25.6. The summed E-state index contributed by atoms with van der Waals surface area (Å²) in [5.41, 5.74) is 0.441. The normalized spacial score (nSPS) is 11.1. The highest BCUT2D eigenvalue weighted by Crippen LogP contribution is 2.12. The van der Waals surface area contributed by atoms with Gasteiger partial charge in [-0.15, -0.1) is 0 Å². The van der Waals surface area contributed by atoms with Crippen molar-refractivity contribution in [3.05, 3.63) is 15.5 Å². The first-order valence-corrected chi connectivity index (χ1v) is 4.32. The summed E-state index contributed by atoms with van der Waals surface area (Å²) in [6.45, 7) is -0.718. The molecule has 0 aliphatic heterocycles. The average Bonchev–Trinajstić information content (AvgIpc) is 2.30. The van der Waals surface area contributed by atoms with Crippen molar-refractivity contribution in [2.75, 3.05) is 0 Å². The molecule has 0 saturated carbocycles. The van der Waals surface area contributed by atoms with E-state index in [1.54, 1.807) is 0 Å². The Morgan fingerprint density at radius 1 is 1.67 bits per heavy atom. The molecule has 0 fully saturated rings. The summed E-state index contributed by atoms with van der Waals surface area (Å²) in [6, 6.07) is 0. The number of alkyl halides is 2. The number of hydrogen-bond donors (Lipinski definition) is 1. The van der Waals surface area contributed by atoms with Crippen LogP contribution in [0, 0.1) is 3.57 Å². The van der Waals surface area contributed by atoms with Crippen LogP contribution < -0.4 is 0 Å². The fourth-order valence-corrected chi connectivity index (χ4v) is 1.41.